The lowest BCUT2D eigenvalue weighted by atomic mass is 10.0. The Hall–Kier alpha value is -1.73. The van der Waals surface area contributed by atoms with Gasteiger partial charge in [-0.1, -0.05) is 23.8 Å². The van der Waals surface area contributed by atoms with Crippen LogP contribution < -0.4 is 15.1 Å². The molecule has 36 heavy (non-hydrogen) atoms. The molecule has 4 aliphatic rings. The number of halogens is 1. The average Bonchev–Trinajstić information content (AvgIpc) is 3.61. The van der Waals surface area contributed by atoms with Gasteiger partial charge in [-0.05, 0) is 89.2 Å². The zero-order chi connectivity index (χ0) is 25.2. The number of likely N-dealkylation sites (tertiary alicyclic amines) is 2. The topological polar surface area (TPSA) is 45.2 Å². The number of hydrogen-bond donors (Lipinski definition) is 2. The van der Waals surface area contributed by atoms with Gasteiger partial charge in [0.1, 0.15) is 0 Å². The average molecular weight is 514 g/mol. The quantitative estimate of drug-likeness (QED) is 0.524. The number of aliphatic hydroxyl groups excluding tert-OH is 1. The first-order valence-corrected chi connectivity index (χ1v) is 14.4. The van der Waals surface area contributed by atoms with Gasteiger partial charge in [0.2, 0.25) is 0 Å². The molecule has 5 rings (SSSR count). The maximum Gasteiger partial charge on any atom is 0.0892 e. The maximum absolute atomic E-state index is 9.61. The van der Waals surface area contributed by atoms with E-state index in [4.69, 9.17) is 11.6 Å². The summed E-state index contributed by atoms with van der Waals surface area (Å²) in [5.74, 6) is 0.691. The molecular weight excluding hydrogens is 470 g/mol. The van der Waals surface area contributed by atoms with Crippen LogP contribution >= 0.6 is 11.6 Å². The Morgan fingerprint density at radius 2 is 1.97 bits per heavy atom. The van der Waals surface area contributed by atoms with Gasteiger partial charge in [-0.3, -0.25) is 4.90 Å². The molecule has 0 saturated carbocycles. The van der Waals surface area contributed by atoms with Gasteiger partial charge < -0.3 is 25.1 Å². The SMILES string of the molecule is Cc1cc(N2CCC(CN3CCCC3C)C2)c(Cl)c(NCCO)c1N1C=C(C2CCCN2C)C=CC1. The Morgan fingerprint density at radius 3 is 2.69 bits per heavy atom. The van der Waals surface area contributed by atoms with Crippen LogP contribution in [0.2, 0.25) is 5.02 Å². The van der Waals surface area contributed by atoms with E-state index in [2.05, 4.69) is 70.2 Å². The van der Waals surface area contributed by atoms with E-state index in [0.717, 1.165) is 54.3 Å². The number of aryl methyl sites for hydroxylation is 1. The van der Waals surface area contributed by atoms with E-state index in [1.807, 2.05) is 0 Å². The first-order valence-electron chi connectivity index (χ1n) is 14.0. The molecule has 4 aliphatic heterocycles. The molecule has 2 N–H and O–H groups in total. The third-order valence-corrected chi connectivity index (χ3v) is 9.12. The van der Waals surface area contributed by atoms with Crippen LogP contribution in [0.1, 0.15) is 44.6 Å². The van der Waals surface area contributed by atoms with Crippen molar-refractivity contribution in [2.45, 2.75) is 58.0 Å². The Balaban J connectivity index is 1.40. The van der Waals surface area contributed by atoms with Crippen molar-refractivity contribution in [3.63, 3.8) is 0 Å². The van der Waals surface area contributed by atoms with Gasteiger partial charge >= 0.3 is 0 Å². The molecule has 198 valence electrons. The Morgan fingerprint density at radius 1 is 1.14 bits per heavy atom. The monoisotopic (exact) mass is 513 g/mol. The molecule has 0 radical (unpaired) electrons. The molecule has 0 aliphatic carbocycles. The van der Waals surface area contributed by atoms with Crippen molar-refractivity contribution in [3.05, 3.63) is 40.6 Å². The Bertz CT molecular complexity index is 994. The van der Waals surface area contributed by atoms with Gasteiger partial charge in [0.25, 0.3) is 0 Å². The molecular formula is C29H44ClN5O. The third kappa shape index (κ3) is 5.28. The van der Waals surface area contributed by atoms with Gasteiger partial charge in [0, 0.05) is 51.0 Å². The number of rotatable bonds is 8. The van der Waals surface area contributed by atoms with Crippen molar-refractivity contribution < 1.29 is 5.11 Å². The summed E-state index contributed by atoms with van der Waals surface area (Å²) in [7, 11) is 2.23. The van der Waals surface area contributed by atoms with E-state index in [-0.39, 0.29) is 6.61 Å². The molecule has 0 aromatic heterocycles. The van der Waals surface area contributed by atoms with E-state index < -0.39 is 0 Å². The van der Waals surface area contributed by atoms with E-state index in [1.54, 1.807) is 0 Å². The van der Waals surface area contributed by atoms with Crippen LogP contribution in [0.25, 0.3) is 0 Å². The minimum absolute atomic E-state index is 0.0761. The number of nitrogens with zero attached hydrogens (tertiary/aromatic N) is 4. The summed E-state index contributed by atoms with van der Waals surface area (Å²) in [5, 5.41) is 13.9. The zero-order valence-corrected chi connectivity index (χ0v) is 23.1. The number of benzene rings is 1. The molecule has 0 bridgehead atoms. The van der Waals surface area contributed by atoms with Crippen LogP contribution in [0.4, 0.5) is 17.1 Å². The summed E-state index contributed by atoms with van der Waals surface area (Å²) in [6.45, 7) is 11.7. The molecule has 1 aromatic carbocycles. The highest BCUT2D eigenvalue weighted by molar-refractivity contribution is 6.37. The first-order chi connectivity index (χ1) is 17.5. The summed E-state index contributed by atoms with van der Waals surface area (Å²) in [6.07, 6.45) is 13.2. The largest absolute Gasteiger partial charge is 0.395 e. The molecule has 6 nitrogen and oxygen atoms in total. The van der Waals surface area contributed by atoms with Crippen LogP contribution in [0.5, 0.6) is 0 Å². The summed E-state index contributed by atoms with van der Waals surface area (Å²) < 4.78 is 0. The molecule has 0 amide bonds. The van der Waals surface area contributed by atoms with Gasteiger partial charge in [-0.15, -0.1) is 0 Å². The molecule has 3 unspecified atom stereocenters. The van der Waals surface area contributed by atoms with Crippen molar-refractivity contribution in [2.75, 3.05) is 74.6 Å². The molecule has 3 fully saturated rings. The fourth-order valence-electron chi connectivity index (χ4n) is 6.77. The fourth-order valence-corrected chi connectivity index (χ4v) is 7.10. The van der Waals surface area contributed by atoms with Crippen LogP contribution in [-0.4, -0.2) is 86.5 Å². The van der Waals surface area contributed by atoms with Crippen LogP contribution in [0.3, 0.4) is 0 Å². The standard InChI is InChI=1S/C29H44ClN5O/c1-21-17-26(34-15-10-23(19-34)18-33-13-4-7-22(33)2)27(30)28(31-11-16-36)29(21)35-14-5-8-24(20-35)25-9-6-12-32(25)3/h5,8,17,20,22-23,25,31,36H,4,6-7,9-16,18-19H2,1-3H3. The molecule has 0 spiro atoms. The van der Waals surface area contributed by atoms with E-state index in [0.29, 0.717) is 18.5 Å². The molecule has 3 saturated heterocycles. The maximum atomic E-state index is 9.61. The van der Waals surface area contributed by atoms with Gasteiger partial charge in [-0.2, -0.15) is 0 Å². The van der Waals surface area contributed by atoms with Gasteiger partial charge in [0.15, 0.2) is 0 Å². The minimum Gasteiger partial charge on any atom is -0.395 e. The highest BCUT2D eigenvalue weighted by atomic mass is 35.5. The van der Waals surface area contributed by atoms with E-state index >= 15 is 0 Å². The van der Waals surface area contributed by atoms with Crippen LogP contribution in [0, 0.1) is 12.8 Å². The third-order valence-electron chi connectivity index (χ3n) is 8.74. The molecule has 7 heteroatoms. The lowest BCUT2D eigenvalue weighted by molar-refractivity contribution is 0.233. The number of aliphatic hydroxyl groups is 1. The second-order valence-electron chi connectivity index (χ2n) is 11.3. The lowest BCUT2D eigenvalue weighted by Gasteiger charge is -2.33. The van der Waals surface area contributed by atoms with E-state index in [9.17, 15) is 5.11 Å². The Kier molecular flexibility index (Phi) is 8.16. The normalized spacial score (nSPS) is 27.4. The number of hydrogen-bond acceptors (Lipinski definition) is 6. The highest BCUT2D eigenvalue weighted by Crippen LogP contribution is 2.45. The minimum atomic E-state index is 0.0761. The summed E-state index contributed by atoms with van der Waals surface area (Å²) >= 11 is 7.18. The first kappa shape index (κ1) is 25.9. The predicted molar refractivity (Wildman–Crippen MR) is 153 cm³/mol. The summed E-state index contributed by atoms with van der Waals surface area (Å²) in [5.41, 5.74) is 5.79. The van der Waals surface area contributed by atoms with Crippen molar-refractivity contribution >= 4 is 28.7 Å². The number of nitrogens with one attached hydrogen (secondary N) is 1. The second-order valence-corrected chi connectivity index (χ2v) is 11.7. The second kappa shape index (κ2) is 11.3. The molecule has 4 heterocycles. The van der Waals surface area contributed by atoms with Crippen molar-refractivity contribution in [1.82, 2.24) is 9.80 Å². The summed E-state index contributed by atoms with van der Waals surface area (Å²) in [4.78, 5) is 9.96. The predicted octanol–water partition coefficient (Wildman–Crippen LogP) is 4.72. The number of likely N-dealkylation sites (N-methyl/N-ethyl adjacent to an activating group) is 1. The van der Waals surface area contributed by atoms with Crippen molar-refractivity contribution in [3.8, 4) is 0 Å². The smallest absolute Gasteiger partial charge is 0.0892 e. The molecule has 1 aromatic rings. The van der Waals surface area contributed by atoms with Crippen LogP contribution in [-0.2, 0) is 0 Å². The number of anilines is 3. The highest BCUT2D eigenvalue weighted by Gasteiger charge is 2.31. The summed E-state index contributed by atoms with van der Waals surface area (Å²) in [6, 6.07) is 3.49. The van der Waals surface area contributed by atoms with E-state index in [1.165, 1.54) is 56.3 Å². The van der Waals surface area contributed by atoms with Crippen molar-refractivity contribution in [1.29, 1.82) is 0 Å². The van der Waals surface area contributed by atoms with Crippen molar-refractivity contribution in [2.24, 2.45) is 5.92 Å². The van der Waals surface area contributed by atoms with Gasteiger partial charge in [-0.25, -0.2) is 0 Å². The Labute approximate surface area is 222 Å². The van der Waals surface area contributed by atoms with Crippen LogP contribution in [0.15, 0.2) is 30.0 Å². The zero-order valence-electron chi connectivity index (χ0n) is 22.3. The fraction of sp³-hybridized carbons (Fsp3) is 0.655. The lowest BCUT2D eigenvalue weighted by Crippen LogP contribution is -2.33. The van der Waals surface area contributed by atoms with Gasteiger partial charge in [0.05, 0.1) is 28.7 Å². The molecule has 3 atom stereocenters.